The molecule has 0 aromatic heterocycles. The van der Waals surface area contributed by atoms with Crippen molar-refractivity contribution in [1.82, 2.24) is 4.31 Å². The van der Waals surface area contributed by atoms with Crippen molar-refractivity contribution in [3.63, 3.8) is 0 Å². The van der Waals surface area contributed by atoms with Crippen LogP contribution in [0.3, 0.4) is 0 Å². The number of rotatable bonds is 4. The largest absolute Gasteiger partial charge is 0.375 e. The van der Waals surface area contributed by atoms with Gasteiger partial charge in [-0.1, -0.05) is 19.1 Å². The van der Waals surface area contributed by atoms with Gasteiger partial charge in [0.15, 0.2) is 4.90 Å². The van der Waals surface area contributed by atoms with Gasteiger partial charge in [0.25, 0.3) is 5.69 Å². The average molecular weight is 300 g/mol. The molecule has 1 saturated heterocycles. The summed E-state index contributed by atoms with van der Waals surface area (Å²) in [7, 11) is -3.87. The summed E-state index contributed by atoms with van der Waals surface area (Å²) >= 11 is 0. The van der Waals surface area contributed by atoms with Gasteiger partial charge in [0.1, 0.15) is 0 Å². The van der Waals surface area contributed by atoms with Crippen LogP contribution in [0.5, 0.6) is 0 Å². The molecule has 2 rings (SSSR count). The quantitative estimate of drug-likeness (QED) is 0.619. The number of sulfonamides is 1. The first kappa shape index (κ1) is 14.9. The molecule has 0 spiro atoms. The number of ether oxygens (including phenoxy) is 1. The van der Waals surface area contributed by atoms with Crippen molar-refractivity contribution in [2.24, 2.45) is 0 Å². The van der Waals surface area contributed by atoms with Crippen molar-refractivity contribution in [2.45, 2.75) is 24.3 Å². The minimum atomic E-state index is -3.87. The molecular formula is C12H16N2O5S. The molecule has 1 atom stereocenters. The fourth-order valence-electron chi connectivity index (χ4n) is 2.12. The Labute approximate surface area is 117 Å². The van der Waals surface area contributed by atoms with Gasteiger partial charge in [-0.05, 0) is 12.5 Å². The number of morpholine rings is 1. The van der Waals surface area contributed by atoms with E-state index < -0.39 is 20.6 Å². The Bertz CT molecular complexity index is 602. The first-order valence-electron chi connectivity index (χ1n) is 6.32. The van der Waals surface area contributed by atoms with Crippen LogP contribution in [0.2, 0.25) is 0 Å². The number of hydrogen-bond acceptors (Lipinski definition) is 5. The molecule has 7 nitrogen and oxygen atoms in total. The van der Waals surface area contributed by atoms with Crippen LogP contribution < -0.4 is 0 Å². The van der Waals surface area contributed by atoms with Gasteiger partial charge in [0, 0.05) is 19.2 Å². The van der Waals surface area contributed by atoms with Crippen LogP contribution in [0, 0.1) is 10.1 Å². The summed E-state index contributed by atoms with van der Waals surface area (Å²) < 4.78 is 31.8. The lowest BCUT2D eigenvalue weighted by molar-refractivity contribution is -0.387. The maximum atomic E-state index is 12.5. The molecule has 1 aliphatic rings. The molecule has 1 heterocycles. The maximum Gasteiger partial charge on any atom is 0.289 e. The van der Waals surface area contributed by atoms with E-state index in [1.807, 2.05) is 6.92 Å². The van der Waals surface area contributed by atoms with Crippen LogP contribution >= 0.6 is 0 Å². The SMILES string of the molecule is CC[C@H]1CN(S(=O)(=O)c2ccccc2[N+](=O)[O-])CCO1. The molecule has 1 aliphatic heterocycles. The lowest BCUT2D eigenvalue weighted by Gasteiger charge is -2.31. The fraction of sp³-hybridized carbons (Fsp3) is 0.500. The van der Waals surface area contributed by atoms with E-state index in [1.54, 1.807) is 0 Å². The van der Waals surface area contributed by atoms with Crippen molar-refractivity contribution in [3.05, 3.63) is 34.4 Å². The number of para-hydroxylation sites is 1. The van der Waals surface area contributed by atoms with Crippen LogP contribution in [0.15, 0.2) is 29.2 Å². The Kier molecular flexibility index (Phi) is 4.36. The van der Waals surface area contributed by atoms with Crippen LogP contribution in [-0.4, -0.2) is 43.4 Å². The highest BCUT2D eigenvalue weighted by atomic mass is 32.2. The Morgan fingerprint density at radius 3 is 2.80 bits per heavy atom. The first-order chi connectivity index (χ1) is 9.46. The second-order valence-corrected chi connectivity index (χ2v) is 6.40. The summed E-state index contributed by atoms with van der Waals surface area (Å²) in [5.41, 5.74) is -0.396. The molecule has 0 N–H and O–H groups in total. The van der Waals surface area contributed by atoms with Crippen LogP contribution in [0.25, 0.3) is 0 Å². The topological polar surface area (TPSA) is 89.8 Å². The minimum Gasteiger partial charge on any atom is -0.375 e. The summed E-state index contributed by atoms with van der Waals surface area (Å²) in [5, 5.41) is 11.0. The standard InChI is InChI=1S/C12H16N2O5S/c1-2-10-9-13(7-8-19-10)20(17,18)12-6-4-3-5-11(12)14(15)16/h3-6,10H,2,7-9H2,1H3/t10-/m0/s1. The van der Waals surface area contributed by atoms with E-state index >= 15 is 0 Å². The molecule has 0 bridgehead atoms. The van der Waals surface area contributed by atoms with E-state index in [9.17, 15) is 18.5 Å². The third-order valence-corrected chi connectivity index (χ3v) is 5.15. The van der Waals surface area contributed by atoms with Crippen molar-refractivity contribution < 1.29 is 18.1 Å². The Hall–Kier alpha value is -1.51. The van der Waals surface area contributed by atoms with Crippen LogP contribution in [-0.2, 0) is 14.8 Å². The molecule has 0 unspecified atom stereocenters. The second-order valence-electron chi connectivity index (χ2n) is 4.49. The first-order valence-corrected chi connectivity index (χ1v) is 7.76. The minimum absolute atomic E-state index is 0.165. The Balaban J connectivity index is 2.38. The van der Waals surface area contributed by atoms with E-state index in [0.717, 1.165) is 0 Å². The lowest BCUT2D eigenvalue weighted by atomic mass is 10.2. The monoisotopic (exact) mass is 300 g/mol. The van der Waals surface area contributed by atoms with E-state index in [1.165, 1.54) is 28.6 Å². The molecule has 110 valence electrons. The Morgan fingerprint density at radius 2 is 2.15 bits per heavy atom. The highest BCUT2D eigenvalue weighted by molar-refractivity contribution is 7.89. The predicted octanol–water partition coefficient (Wildman–Crippen LogP) is 1.39. The third-order valence-electron chi connectivity index (χ3n) is 3.24. The normalized spacial score (nSPS) is 20.8. The van der Waals surface area contributed by atoms with Gasteiger partial charge in [-0.3, -0.25) is 10.1 Å². The van der Waals surface area contributed by atoms with Crippen LogP contribution in [0.1, 0.15) is 13.3 Å². The molecule has 0 radical (unpaired) electrons. The van der Waals surface area contributed by atoms with Gasteiger partial charge in [-0.2, -0.15) is 4.31 Å². The third kappa shape index (κ3) is 2.82. The highest BCUT2D eigenvalue weighted by Crippen LogP contribution is 2.27. The van der Waals surface area contributed by atoms with Gasteiger partial charge in [-0.25, -0.2) is 8.42 Å². The Morgan fingerprint density at radius 1 is 1.45 bits per heavy atom. The molecule has 1 aromatic carbocycles. The summed E-state index contributed by atoms with van der Waals surface area (Å²) in [4.78, 5) is 10.0. The summed E-state index contributed by atoms with van der Waals surface area (Å²) in [6.45, 7) is 2.65. The zero-order chi connectivity index (χ0) is 14.8. The summed E-state index contributed by atoms with van der Waals surface area (Å²) in [6, 6.07) is 5.40. The lowest BCUT2D eigenvalue weighted by Crippen LogP contribution is -2.45. The maximum absolute atomic E-state index is 12.5. The molecule has 0 saturated carbocycles. The van der Waals surface area contributed by atoms with Gasteiger partial charge < -0.3 is 4.74 Å². The second kappa shape index (κ2) is 5.86. The zero-order valence-electron chi connectivity index (χ0n) is 11.1. The molecule has 0 aliphatic carbocycles. The fourth-order valence-corrected chi connectivity index (χ4v) is 3.74. The van der Waals surface area contributed by atoms with Gasteiger partial charge in [-0.15, -0.1) is 0 Å². The average Bonchev–Trinajstić information content (AvgIpc) is 2.47. The molecule has 1 aromatic rings. The zero-order valence-corrected chi connectivity index (χ0v) is 11.9. The van der Waals surface area contributed by atoms with Gasteiger partial charge in [0.2, 0.25) is 10.0 Å². The van der Waals surface area contributed by atoms with E-state index in [4.69, 9.17) is 4.74 Å². The predicted molar refractivity (Wildman–Crippen MR) is 71.9 cm³/mol. The molecule has 20 heavy (non-hydrogen) atoms. The molecule has 8 heteroatoms. The number of nitro groups is 1. The van der Waals surface area contributed by atoms with Crippen molar-refractivity contribution in [3.8, 4) is 0 Å². The van der Waals surface area contributed by atoms with Crippen molar-refractivity contribution >= 4 is 15.7 Å². The molecular weight excluding hydrogens is 284 g/mol. The van der Waals surface area contributed by atoms with Crippen LogP contribution in [0.4, 0.5) is 5.69 Å². The highest BCUT2D eigenvalue weighted by Gasteiger charge is 2.34. The number of nitro benzene ring substituents is 1. The number of nitrogens with zero attached hydrogens (tertiary/aromatic N) is 2. The van der Waals surface area contributed by atoms with Crippen molar-refractivity contribution in [2.75, 3.05) is 19.7 Å². The smallest absolute Gasteiger partial charge is 0.289 e. The van der Waals surface area contributed by atoms with E-state index in [-0.39, 0.29) is 24.1 Å². The molecule has 0 amide bonds. The van der Waals surface area contributed by atoms with Crippen molar-refractivity contribution in [1.29, 1.82) is 0 Å². The van der Waals surface area contributed by atoms with E-state index in [2.05, 4.69) is 0 Å². The van der Waals surface area contributed by atoms with Gasteiger partial charge in [0.05, 0.1) is 17.6 Å². The summed E-state index contributed by atoms with van der Waals surface area (Å²) in [5.74, 6) is 0. The van der Waals surface area contributed by atoms with E-state index in [0.29, 0.717) is 13.0 Å². The summed E-state index contributed by atoms with van der Waals surface area (Å²) in [6.07, 6.45) is 0.532. The number of benzene rings is 1. The molecule has 1 fully saturated rings. The number of hydrogen-bond donors (Lipinski definition) is 0. The van der Waals surface area contributed by atoms with Gasteiger partial charge >= 0.3 is 0 Å².